The van der Waals surface area contributed by atoms with Gasteiger partial charge in [0.2, 0.25) is 0 Å². The monoisotopic (exact) mass is 377 g/mol. The standard InChI is InChI=1S/C20H12FN3O2S/c21-10-4-5-13-15(8-10)16-14(6-7-22-19(16)26)18-17(13)24-20(27-18)23-11-2-1-3-12(25)9-11/h1-9,25H,(H,22,26)(H,23,24). The van der Waals surface area contributed by atoms with Gasteiger partial charge in [0.25, 0.3) is 5.56 Å². The first kappa shape index (κ1) is 15.8. The molecular weight excluding hydrogens is 365 g/mol. The zero-order valence-corrected chi connectivity index (χ0v) is 14.6. The number of nitrogens with one attached hydrogen (secondary N) is 2. The average Bonchev–Trinajstić information content (AvgIpc) is 3.05. The predicted octanol–water partition coefficient (Wildman–Crippen LogP) is 4.88. The fourth-order valence-corrected chi connectivity index (χ4v) is 4.34. The number of aromatic hydroxyl groups is 1. The highest BCUT2D eigenvalue weighted by molar-refractivity contribution is 7.23. The van der Waals surface area contributed by atoms with Gasteiger partial charge in [-0.1, -0.05) is 17.4 Å². The van der Waals surface area contributed by atoms with E-state index >= 15 is 0 Å². The zero-order valence-electron chi connectivity index (χ0n) is 13.8. The van der Waals surface area contributed by atoms with Crippen molar-refractivity contribution in [3.05, 3.63) is 70.9 Å². The van der Waals surface area contributed by atoms with Crippen LogP contribution in [-0.4, -0.2) is 15.1 Å². The van der Waals surface area contributed by atoms with Gasteiger partial charge in [-0.05, 0) is 36.4 Å². The van der Waals surface area contributed by atoms with Crippen LogP contribution in [-0.2, 0) is 0 Å². The highest BCUT2D eigenvalue weighted by Crippen LogP contribution is 2.39. The molecule has 0 radical (unpaired) electrons. The van der Waals surface area contributed by atoms with Crippen LogP contribution in [0.15, 0.2) is 59.5 Å². The minimum absolute atomic E-state index is 0.152. The molecule has 3 aromatic carbocycles. The Balaban J connectivity index is 1.84. The van der Waals surface area contributed by atoms with Crippen LogP contribution in [0.5, 0.6) is 5.75 Å². The Morgan fingerprint density at radius 1 is 1.07 bits per heavy atom. The second kappa shape index (κ2) is 5.78. The van der Waals surface area contributed by atoms with Crippen LogP contribution >= 0.6 is 11.3 Å². The van der Waals surface area contributed by atoms with Crippen molar-refractivity contribution in [2.45, 2.75) is 0 Å². The molecule has 27 heavy (non-hydrogen) atoms. The Kier molecular flexibility index (Phi) is 3.38. The molecule has 0 saturated heterocycles. The van der Waals surface area contributed by atoms with E-state index in [2.05, 4.69) is 15.3 Å². The number of aromatic amines is 1. The van der Waals surface area contributed by atoms with Gasteiger partial charge in [-0.25, -0.2) is 9.37 Å². The van der Waals surface area contributed by atoms with Crippen molar-refractivity contribution >= 4 is 53.9 Å². The van der Waals surface area contributed by atoms with E-state index in [1.54, 1.807) is 36.5 Å². The number of thiazole rings is 1. The predicted molar refractivity (Wildman–Crippen MR) is 107 cm³/mol. The first-order chi connectivity index (χ1) is 13.1. The summed E-state index contributed by atoms with van der Waals surface area (Å²) in [4.78, 5) is 19.8. The summed E-state index contributed by atoms with van der Waals surface area (Å²) in [6, 6.07) is 12.9. The van der Waals surface area contributed by atoms with E-state index in [-0.39, 0.29) is 11.3 Å². The van der Waals surface area contributed by atoms with Gasteiger partial charge in [0.05, 0.1) is 15.6 Å². The van der Waals surface area contributed by atoms with Crippen molar-refractivity contribution in [3.63, 3.8) is 0 Å². The van der Waals surface area contributed by atoms with Crippen LogP contribution in [0, 0.1) is 5.82 Å². The Bertz CT molecular complexity index is 1410. The quantitative estimate of drug-likeness (QED) is 0.383. The number of H-pyrrole nitrogens is 1. The number of pyridine rings is 1. The van der Waals surface area contributed by atoms with E-state index < -0.39 is 5.82 Å². The molecule has 5 rings (SSSR count). The van der Waals surface area contributed by atoms with Gasteiger partial charge in [0, 0.05) is 34.1 Å². The summed E-state index contributed by atoms with van der Waals surface area (Å²) in [6.07, 6.45) is 1.58. The minimum Gasteiger partial charge on any atom is -0.508 e. The molecule has 0 fully saturated rings. The van der Waals surface area contributed by atoms with Crippen molar-refractivity contribution < 1.29 is 9.50 Å². The largest absolute Gasteiger partial charge is 0.508 e. The van der Waals surface area contributed by atoms with Gasteiger partial charge in [-0.15, -0.1) is 0 Å². The molecule has 0 aliphatic rings. The summed E-state index contributed by atoms with van der Waals surface area (Å²) in [6.45, 7) is 0. The molecule has 0 amide bonds. The number of aromatic nitrogens is 2. The molecule has 0 aliphatic carbocycles. The van der Waals surface area contributed by atoms with Gasteiger partial charge >= 0.3 is 0 Å². The second-order valence-electron chi connectivity index (χ2n) is 6.16. The van der Waals surface area contributed by atoms with Crippen LogP contribution < -0.4 is 10.9 Å². The van der Waals surface area contributed by atoms with Crippen LogP contribution in [0.25, 0.3) is 31.8 Å². The smallest absolute Gasteiger partial charge is 0.256 e. The molecule has 0 unspecified atom stereocenters. The number of phenolic OH excluding ortho intramolecular Hbond substituents is 1. The summed E-state index contributed by atoms with van der Waals surface area (Å²) in [7, 11) is 0. The second-order valence-corrected chi connectivity index (χ2v) is 7.16. The van der Waals surface area contributed by atoms with E-state index in [0.29, 0.717) is 27.1 Å². The lowest BCUT2D eigenvalue weighted by Gasteiger charge is -2.05. The molecule has 2 heterocycles. The van der Waals surface area contributed by atoms with E-state index in [1.165, 1.54) is 23.5 Å². The van der Waals surface area contributed by atoms with Crippen molar-refractivity contribution in [2.24, 2.45) is 0 Å². The maximum absolute atomic E-state index is 13.9. The molecular formula is C20H12FN3O2S. The molecule has 0 spiro atoms. The van der Waals surface area contributed by atoms with Crippen molar-refractivity contribution in [2.75, 3.05) is 5.32 Å². The minimum atomic E-state index is -0.403. The number of anilines is 2. The first-order valence-electron chi connectivity index (χ1n) is 8.19. The summed E-state index contributed by atoms with van der Waals surface area (Å²) in [5, 5.41) is 15.9. The number of hydrogen-bond acceptors (Lipinski definition) is 5. The number of hydrogen-bond donors (Lipinski definition) is 3. The zero-order chi connectivity index (χ0) is 18.5. The number of benzene rings is 3. The molecule has 2 aromatic heterocycles. The molecule has 0 saturated carbocycles. The van der Waals surface area contributed by atoms with Crippen LogP contribution in [0.1, 0.15) is 0 Å². The Morgan fingerprint density at radius 3 is 2.81 bits per heavy atom. The average molecular weight is 377 g/mol. The topological polar surface area (TPSA) is 78.0 Å². The van der Waals surface area contributed by atoms with Crippen LogP contribution in [0.3, 0.4) is 0 Å². The molecule has 7 heteroatoms. The van der Waals surface area contributed by atoms with Gasteiger partial charge in [0.15, 0.2) is 5.13 Å². The van der Waals surface area contributed by atoms with Gasteiger partial charge < -0.3 is 15.4 Å². The number of halogens is 1. The Hall–Kier alpha value is -3.45. The van der Waals surface area contributed by atoms with Crippen LogP contribution in [0.4, 0.5) is 15.2 Å². The summed E-state index contributed by atoms with van der Waals surface area (Å²) in [5.74, 6) is -0.251. The van der Waals surface area contributed by atoms with Crippen molar-refractivity contribution in [1.29, 1.82) is 0 Å². The van der Waals surface area contributed by atoms with E-state index in [9.17, 15) is 14.3 Å². The number of fused-ring (bicyclic) bond motifs is 6. The SMILES string of the molecule is O=c1[nH]ccc2c3sc(Nc4cccc(O)c4)nc3c3ccc(F)cc3c12. The van der Waals surface area contributed by atoms with Crippen molar-refractivity contribution in [1.82, 2.24) is 9.97 Å². The molecule has 5 aromatic rings. The van der Waals surface area contributed by atoms with Gasteiger partial charge in [-0.3, -0.25) is 4.79 Å². The molecule has 132 valence electrons. The van der Waals surface area contributed by atoms with Gasteiger partial charge in [0.1, 0.15) is 11.6 Å². The molecule has 3 N–H and O–H groups in total. The number of nitrogens with zero attached hydrogens (tertiary/aromatic N) is 1. The third-order valence-electron chi connectivity index (χ3n) is 4.44. The van der Waals surface area contributed by atoms with Crippen molar-refractivity contribution in [3.8, 4) is 5.75 Å². The maximum Gasteiger partial charge on any atom is 0.256 e. The van der Waals surface area contributed by atoms with E-state index in [0.717, 1.165) is 15.5 Å². The Labute approximate surface area is 155 Å². The molecule has 0 bridgehead atoms. The lowest BCUT2D eigenvalue weighted by Crippen LogP contribution is -2.05. The molecule has 0 aliphatic heterocycles. The maximum atomic E-state index is 13.9. The lowest BCUT2D eigenvalue weighted by atomic mass is 10.0. The summed E-state index contributed by atoms with van der Waals surface area (Å²) >= 11 is 1.40. The molecule has 5 nitrogen and oxygen atoms in total. The highest BCUT2D eigenvalue weighted by Gasteiger charge is 2.16. The van der Waals surface area contributed by atoms with E-state index in [1.807, 2.05) is 6.07 Å². The third-order valence-corrected chi connectivity index (χ3v) is 5.44. The number of phenols is 1. The molecule has 0 atom stereocenters. The Morgan fingerprint density at radius 2 is 1.96 bits per heavy atom. The summed E-state index contributed by atoms with van der Waals surface area (Å²) in [5.41, 5.74) is 1.14. The van der Waals surface area contributed by atoms with Crippen LogP contribution in [0.2, 0.25) is 0 Å². The van der Waals surface area contributed by atoms with E-state index in [4.69, 9.17) is 0 Å². The summed E-state index contributed by atoms with van der Waals surface area (Å²) < 4.78 is 14.7. The normalized spacial score (nSPS) is 11.4. The fourth-order valence-electron chi connectivity index (χ4n) is 3.31. The highest BCUT2D eigenvalue weighted by atomic mass is 32.1. The fraction of sp³-hybridized carbons (Fsp3) is 0. The van der Waals surface area contributed by atoms with Gasteiger partial charge in [-0.2, -0.15) is 0 Å². The first-order valence-corrected chi connectivity index (χ1v) is 9.01. The number of rotatable bonds is 2. The lowest BCUT2D eigenvalue weighted by molar-refractivity contribution is 0.475. The third kappa shape index (κ3) is 2.51.